The number of hydrogen-bond donors (Lipinski definition) is 0. The Morgan fingerprint density at radius 1 is 0.839 bits per heavy atom. The van der Waals surface area contributed by atoms with Gasteiger partial charge in [-0.2, -0.15) is 0 Å². The van der Waals surface area contributed by atoms with Crippen molar-refractivity contribution in [2.24, 2.45) is 5.92 Å². The normalized spacial score (nSPS) is 11.8. The van der Waals surface area contributed by atoms with Crippen LogP contribution in [0.15, 0.2) is 43.0 Å². The molecule has 0 aromatic heterocycles. The molecule has 3 heteroatoms. The number of carbonyl (C=O) groups excluding carboxylic acids is 2. The third-order valence-electron chi connectivity index (χ3n) is 5.94. The molecule has 1 aromatic carbocycles. The van der Waals surface area contributed by atoms with Crippen molar-refractivity contribution in [2.75, 3.05) is 0 Å². The third kappa shape index (κ3) is 14.7. The maximum atomic E-state index is 12.0. The van der Waals surface area contributed by atoms with E-state index in [1.807, 2.05) is 12.1 Å². The number of rotatable bonds is 19. The summed E-state index contributed by atoms with van der Waals surface area (Å²) in [6.07, 6.45) is 21.2. The van der Waals surface area contributed by atoms with Crippen LogP contribution in [-0.4, -0.2) is 11.9 Å². The highest BCUT2D eigenvalue weighted by Gasteiger charge is 2.15. The molecule has 0 spiro atoms. The average Bonchev–Trinajstić information content (AvgIpc) is 2.78. The topological polar surface area (TPSA) is 43.4 Å². The summed E-state index contributed by atoms with van der Waals surface area (Å²) in [6.45, 7) is 6.12. The standard InChI is InChI=1S/C28H44O3/c1-3-5-6-7-8-9-10-11-12-13-14-16-20-25(19-4-2)23-24-27(29)31-28(30)26-21-17-15-18-22-26/h4,15,17-18,21-22,25H,2-3,5-14,16,19-20,23-24H2,1H3. The Morgan fingerprint density at radius 2 is 1.39 bits per heavy atom. The highest BCUT2D eigenvalue weighted by molar-refractivity contribution is 5.96. The van der Waals surface area contributed by atoms with E-state index in [1.165, 1.54) is 77.0 Å². The van der Waals surface area contributed by atoms with Crippen LogP contribution in [0.25, 0.3) is 0 Å². The van der Waals surface area contributed by atoms with Crippen LogP contribution in [0.5, 0.6) is 0 Å². The lowest BCUT2D eigenvalue weighted by atomic mass is 9.92. The zero-order valence-electron chi connectivity index (χ0n) is 19.8. The SMILES string of the molecule is C=CCC(CCCCCCCCCCCCCC)CCC(=O)OC(=O)c1ccccc1. The summed E-state index contributed by atoms with van der Waals surface area (Å²) in [5.41, 5.74) is 0.412. The summed E-state index contributed by atoms with van der Waals surface area (Å²) in [4.78, 5) is 24.0. The Balaban J connectivity index is 2.08. The van der Waals surface area contributed by atoms with E-state index in [0.717, 1.165) is 19.3 Å². The van der Waals surface area contributed by atoms with E-state index in [-0.39, 0.29) is 6.42 Å². The predicted octanol–water partition coefficient (Wildman–Crippen LogP) is 8.43. The third-order valence-corrected chi connectivity index (χ3v) is 5.94. The second kappa shape index (κ2) is 18.8. The van der Waals surface area contributed by atoms with Crippen LogP contribution in [0.1, 0.15) is 120 Å². The van der Waals surface area contributed by atoms with Crippen molar-refractivity contribution >= 4 is 11.9 Å². The Bertz CT molecular complexity index is 594. The maximum absolute atomic E-state index is 12.0. The molecule has 1 aromatic rings. The van der Waals surface area contributed by atoms with E-state index in [9.17, 15) is 9.59 Å². The van der Waals surface area contributed by atoms with Gasteiger partial charge >= 0.3 is 11.9 Å². The zero-order chi connectivity index (χ0) is 22.6. The molecule has 0 bridgehead atoms. The van der Waals surface area contributed by atoms with Gasteiger partial charge in [0.05, 0.1) is 5.56 Å². The number of esters is 2. The first kappa shape index (κ1) is 27.1. The van der Waals surface area contributed by atoms with Gasteiger partial charge in [-0.1, -0.05) is 115 Å². The lowest BCUT2D eigenvalue weighted by molar-refractivity contribution is -0.138. The van der Waals surface area contributed by atoms with E-state index in [2.05, 4.69) is 13.5 Å². The summed E-state index contributed by atoms with van der Waals surface area (Å²) >= 11 is 0. The van der Waals surface area contributed by atoms with Gasteiger partial charge < -0.3 is 4.74 Å². The molecular formula is C28H44O3. The van der Waals surface area contributed by atoms with Gasteiger partial charge in [0.2, 0.25) is 0 Å². The first-order valence-electron chi connectivity index (χ1n) is 12.6. The van der Waals surface area contributed by atoms with Crippen LogP contribution in [-0.2, 0) is 9.53 Å². The molecule has 0 heterocycles. The minimum atomic E-state index is -0.563. The lowest BCUT2D eigenvalue weighted by Gasteiger charge is -2.14. The second-order valence-electron chi connectivity index (χ2n) is 8.73. The molecule has 0 aliphatic heterocycles. The van der Waals surface area contributed by atoms with E-state index in [1.54, 1.807) is 24.3 Å². The van der Waals surface area contributed by atoms with Crippen molar-refractivity contribution in [2.45, 2.75) is 110 Å². The fourth-order valence-electron chi connectivity index (χ4n) is 4.00. The van der Waals surface area contributed by atoms with Crippen molar-refractivity contribution in [1.29, 1.82) is 0 Å². The quantitative estimate of drug-likeness (QED) is 0.0960. The fraction of sp³-hybridized carbons (Fsp3) is 0.643. The molecule has 31 heavy (non-hydrogen) atoms. The molecule has 0 N–H and O–H groups in total. The number of unbranched alkanes of at least 4 members (excludes halogenated alkanes) is 11. The first-order chi connectivity index (χ1) is 15.2. The van der Waals surface area contributed by atoms with Crippen molar-refractivity contribution in [3.63, 3.8) is 0 Å². The average molecular weight is 429 g/mol. The van der Waals surface area contributed by atoms with Crippen LogP contribution in [0.4, 0.5) is 0 Å². The Labute approximate surface area is 190 Å². The highest BCUT2D eigenvalue weighted by atomic mass is 16.6. The Morgan fingerprint density at radius 3 is 1.94 bits per heavy atom. The van der Waals surface area contributed by atoms with Crippen molar-refractivity contribution < 1.29 is 14.3 Å². The van der Waals surface area contributed by atoms with Gasteiger partial charge in [0.1, 0.15) is 0 Å². The van der Waals surface area contributed by atoms with Crippen LogP contribution < -0.4 is 0 Å². The summed E-state index contributed by atoms with van der Waals surface area (Å²) < 4.78 is 4.98. The van der Waals surface area contributed by atoms with Gasteiger partial charge in [-0.3, -0.25) is 4.79 Å². The van der Waals surface area contributed by atoms with Crippen LogP contribution in [0, 0.1) is 5.92 Å². The molecule has 0 aliphatic carbocycles. The molecule has 174 valence electrons. The van der Waals surface area contributed by atoms with Crippen molar-refractivity contribution in [1.82, 2.24) is 0 Å². The zero-order valence-corrected chi connectivity index (χ0v) is 19.8. The summed E-state index contributed by atoms with van der Waals surface area (Å²) in [7, 11) is 0. The second-order valence-corrected chi connectivity index (χ2v) is 8.73. The minimum Gasteiger partial charge on any atom is -0.389 e. The predicted molar refractivity (Wildman–Crippen MR) is 130 cm³/mol. The van der Waals surface area contributed by atoms with Crippen molar-refractivity contribution in [3.05, 3.63) is 48.6 Å². The van der Waals surface area contributed by atoms with E-state index in [0.29, 0.717) is 11.5 Å². The molecule has 0 aliphatic rings. The van der Waals surface area contributed by atoms with Gasteiger partial charge in [0.15, 0.2) is 0 Å². The molecule has 1 unspecified atom stereocenters. The number of carbonyl (C=O) groups is 2. The summed E-state index contributed by atoms with van der Waals surface area (Å²) in [5.74, 6) is -0.551. The van der Waals surface area contributed by atoms with E-state index in [4.69, 9.17) is 4.74 Å². The van der Waals surface area contributed by atoms with Crippen molar-refractivity contribution in [3.8, 4) is 0 Å². The first-order valence-corrected chi connectivity index (χ1v) is 12.6. The van der Waals surface area contributed by atoms with Crippen LogP contribution >= 0.6 is 0 Å². The Kier molecular flexibility index (Phi) is 16.5. The van der Waals surface area contributed by atoms with Crippen LogP contribution in [0.3, 0.4) is 0 Å². The number of hydrogen-bond acceptors (Lipinski definition) is 3. The molecule has 1 rings (SSSR count). The minimum absolute atomic E-state index is 0.287. The molecule has 0 amide bonds. The Hall–Kier alpha value is -1.90. The number of benzene rings is 1. The van der Waals surface area contributed by atoms with Gasteiger partial charge in [-0.25, -0.2) is 4.79 Å². The monoisotopic (exact) mass is 428 g/mol. The molecule has 3 nitrogen and oxygen atoms in total. The summed E-state index contributed by atoms with van der Waals surface area (Å²) in [5, 5.41) is 0. The van der Waals surface area contributed by atoms with Gasteiger partial charge in [-0.05, 0) is 30.9 Å². The van der Waals surface area contributed by atoms with E-state index < -0.39 is 11.9 Å². The molecule has 0 saturated carbocycles. The van der Waals surface area contributed by atoms with Gasteiger partial charge in [0.25, 0.3) is 0 Å². The highest BCUT2D eigenvalue weighted by Crippen LogP contribution is 2.21. The maximum Gasteiger partial charge on any atom is 0.345 e. The smallest absolute Gasteiger partial charge is 0.345 e. The molecular weight excluding hydrogens is 384 g/mol. The molecule has 1 atom stereocenters. The molecule has 0 fully saturated rings. The lowest BCUT2D eigenvalue weighted by Crippen LogP contribution is -2.14. The van der Waals surface area contributed by atoms with Gasteiger partial charge in [0, 0.05) is 6.42 Å². The number of ether oxygens (including phenoxy) is 1. The fourth-order valence-corrected chi connectivity index (χ4v) is 4.00. The largest absolute Gasteiger partial charge is 0.389 e. The van der Waals surface area contributed by atoms with Gasteiger partial charge in [-0.15, -0.1) is 6.58 Å². The molecule has 0 radical (unpaired) electrons. The van der Waals surface area contributed by atoms with Crippen LogP contribution in [0.2, 0.25) is 0 Å². The summed E-state index contributed by atoms with van der Waals surface area (Å²) in [6, 6.07) is 8.66. The van der Waals surface area contributed by atoms with E-state index >= 15 is 0 Å². The number of allylic oxidation sites excluding steroid dienone is 1. The molecule has 0 saturated heterocycles.